The zero-order valence-corrected chi connectivity index (χ0v) is 24.2. The Morgan fingerprint density at radius 3 is 1.30 bits per heavy atom. The maximum absolute atomic E-state index is 12.6. The van der Waals surface area contributed by atoms with Crippen molar-refractivity contribution in [2.75, 3.05) is 13.1 Å². The number of unbranched alkanes of at least 4 members (excludes halogenated alkanes) is 18. The maximum atomic E-state index is 12.6. The van der Waals surface area contributed by atoms with Gasteiger partial charge in [-0.25, -0.2) is 0 Å². The summed E-state index contributed by atoms with van der Waals surface area (Å²) < 4.78 is 0. The molecule has 0 aromatic rings. The Hall–Kier alpha value is -1.63. The fourth-order valence-corrected chi connectivity index (χ4v) is 4.66. The monoisotopic (exact) mass is 525 g/mol. The molecule has 7 heteroatoms. The molecule has 0 heterocycles. The zero-order chi connectivity index (χ0) is 27.6. The Bertz CT molecular complexity index is 585. The summed E-state index contributed by atoms with van der Waals surface area (Å²) in [6.45, 7) is 5.37. The summed E-state index contributed by atoms with van der Waals surface area (Å²) in [5.41, 5.74) is 3.15. The molecule has 0 rings (SSSR count). The van der Waals surface area contributed by atoms with Gasteiger partial charge in [0.1, 0.15) is 0 Å². The second kappa shape index (κ2) is 24.7. The lowest BCUT2D eigenvalue weighted by atomic mass is 9.93. The first-order valence-corrected chi connectivity index (χ1v) is 15.4. The highest BCUT2D eigenvalue weighted by molar-refractivity contribution is 5.94. The number of primary amides is 1. The van der Waals surface area contributed by atoms with Gasteiger partial charge in [0, 0.05) is 13.1 Å². The van der Waals surface area contributed by atoms with Crippen LogP contribution in [-0.4, -0.2) is 41.5 Å². The van der Waals surface area contributed by atoms with Crippen LogP contribution in [0.5, 0.6) is 0 Å². The van der Waals surface area contributed by atoms with Crippen molar-refractivity contribution in [1.29, 1.82) is 0 Å². The minimum atomic E-state index is -2.10. The minimum Gasteiger partial charge on any atom is -0.379 e. The van der Waals surface area contributed by atoms with Crippen molar-refractivity contribution in [3.05, 3.63) is 0 Å². The van der Waals surface area contributed by atoms with E-state index in [2.05, 4.69) is 24.5 Å². The number of carbonyl (C=O) groups is 3. The molecule has 0 radical (unpaired) electrons. The van der Waals surface area contributed by atoms with Gasteiger partial charge in [-0.3, -0.25) is 14.4 Å². The average Bonchev–Trinajstić information content (AvgIpc) is 2.85. The standard InChI is InChI=1S/C30H59N3O4/c1-3-5-7-9-11-13-15-17-19-21-23-32-28(35)26-30(37,25-27(31)34)29(36)33-24-22-20-18-16-14-12-10-8-6-4-2/h37H,3-26H2,1-2H3,(H2,31,34)(H,32,35)(H,33,36). The number of carbonyl (C=O) groups excluding carboxylic acids is 3. The molecule has 0 aromatic carbocycles. The van der Waals surface area contributed by atoms with E-state index < -0.39 is 36.2 Å². The summed E-state index contributed by atoms with van der Waals surface area (Å²) in [5, 5.41) is 16.3. The van der Waals surface area contributed by atoms with Gasteiger partial charge in [-0.05, 0) is 12.8 Å². The van der Waals surface area contributed by atoms with E-state index in [0.29, 0.717) is 13.1 Å². The summed E-state index contributed by atoms with van der Waals surface area (Å²) in [5.74, 6) is -1.94. The SMILES string of the molecule is CCCCCCCCCCCCNC(=O)CC(O)(CC(N)=O)C(=O)NCCCCCCCCCCCC. The molecule has 0 saturated heterocycles. The molecule has 0 aromatic heterocycles. The second-order valence-corrected chi connectivity index (χ2v) is 10.8. The molecule has 0 saturated carbocycles. The Balaban J connectivity index is 4.04. The van der Waals surface area contributed by atoms with Gasteiger partial charge in [0.2, 0.25) is 11.8 Å². The lowest BCUT2D eigenvalue weighted by molar-refractivity contribution is -0.149. The lowest BCUT2D eigenvalue weighted by Gasteiger charge is -2.25. The van der Waals surface area contributed by atoms with Crippen LogP contribution in [0.25, 0.3) is 0 Å². The Morgan fingerprint density at radius 1 is 0.568 bits per heavy atom. The highest BCUT2D eigenvalue weighted by Crippen LogP contribution is 2.17. The average molecular weight is 526 g/mol. The Morgan fingerprint density at radius 2 is 0.919 bits per heavy atom. The van der Waals surface area contributed by atoms with Gasteiger partial charge in [-0.15, -0.1) is 0 Å². The number of rotatable bonds is 27. The number of hydrogen-bond donors (Lipinski definition) is 4. The Labute approximate surface area is 227 Å². The Kier molecular flexibility index (Phi) is 23.6. The van der Waals surface area contributed by atoms with Crippen LogP contribution < -0.4 is 16.4 Å². The fourth-order valence-electron chi connectivity index (χ4n) is 4.66. The largest absolute Gasteiger partial charge is 0.379 e. The molecule has 0 spiro atoms. The van der Waals surface area contributed by atoms with Crippen LogP contribution in [0.1, 0.15) is 155 Å². The summed E-state index contributed by atoms with van der Waals surface area (Å²) >= 11 is 0. The zero-order valence-electron chi connectivity index (χ0n) is 24.2. The van der Waals surface area contributed by atoms with E-state index in [-0.39, 0.29) is 0 Å². The molecule has 0 fully saturated rings. The molecule has 1 unspecified atom stereocenters. The smallest absolute Gasteiger partial charge is 0.253 e. The van der Waals surface area contributed by atoms with E-state index in [9.17, 15) is 19.5 Å². The van der Waals surface area contributed by atoms with Crippen molar-refractivity contribution in [2.24, 2.45) is 5.73 Å². The molecule has 0 aliphatic carbocycles. The van der Waals surface area contributed by atoms with Gasteiger partial charge >= 0.3 is 0 Å². The summed E-state index contributed by atoms with van der Waals surface area (Å²) in [7, 11) is 0. The first-order valence-electron chi connectivity index (χ1n) is 15.4. The van der Waals surface area contributed by atoms with Crippen molar-refractivity contribution < 1.29 is 19.5 Å². The van der Waals surface area contributed by atoms with Gasteiger partial charge < -0.3 is 21.5 Å². The third-order valence-corrected chi connectivity index (χ3v) is 7.01. The van der Waals surface area contributed by atoms with Gasteiger partial charge in [0.25, 0.3) is 5.91 Å². The number of hydrogen-bond acceptors (Lipinski definition) is 4. The highest BCUT2D eigenvalue weighted by Gasteiger charge is 2.39. The van der Waals surface area contributed by atoms with Crippen molar-refractivity contribution in [3.63, 3.8) is 0 Å². The molecule has 218 valence electrons. The first kappa shape index (κ1) is 35.4. The van der Waals surface area contributed by atoms with Crippen LogP contribution in [0.3, 0.4) is 0 Å². The topological polar surface area (TPSA) is 122 Å². The number of nitrogens with one attached hydrogen (secondary N) is 2. The van der Waals surface area contributed by atoms with Gasteiger partial charge in [-0.1, -0.05) is 129 Å². The molecule has 0 bridgehead atoms. The number of aliphatic hydroxyl groups is 1. The predicted molar refractivity (Wildman–Crippen MR) is 153 cm³/mol. The number of nitrogens with two attached hydrogens (primary N) is 1. The molecular weight excluding hydrogens is 466 g/mol. The molecule has 37 heavy (non-hydrogen) atoms. The third kappa shape index (κ3) is 22.1. The van der Waals surface area contributed by atoms with E-state index in [0.717, 1.165) is 38.5 Å². The molecule has 7 nitrogen and oxygen atoms in total. The predicted octanol–water partition coefficient (Wildman–Crippen LogP) is 6.06. The van der Waals surface area contributed by atoms with E-state index in [1.165, 1.54) is 89.9 Å². The van der Waals surface area contributed by atoms with E-state index >= 15 is 0 Å². The van der Waals surface area contributed by atoms with Crippen LogP contribution in [0, 0.1) is 0 Å². The lowest BCUT2D eigenvalue weighted by Crippen LogP contribution is -2.52. The molecule has 5 N–H and O–H groups in total. The summed E-state index contributed by atoms with van der Waals surface area (Å²) in [6.07, 6.45) is 23.0. The van der Waals surface area contributed by atoms with Gasteiger partial charge in [-0.2, -0.15) is 0 Å². The molecular formula is C30H59N3O4. The van der Waals surface area contributed by atoms with Gasteiger partial charge in [0.15, 0.2) is 5.60 Å². The third-order valence-electron chi connectivity index (χ3n) is 7.01. The van der Waals surface area contributed by atoms with Crippen LogP contribution in [0.15, 0.2) is 0 Å². The molecule has 3 amide bonds. The highest BCUT2D eigenvalue weighted by atomic mass is 16.3. The van der Waals surface area contributed by atoms with Crippen LogP contribution in [0.4, 0.5) is 0 Å². The molecule has 0 aliphatic heterocycles. The van der Waals surface area contributed by atoms with Crippen LogP contribution in [0.2, 0.25) is 0 Å². The summed E-state index contributed by atoms with van der Waals surface area (Å²) in [4.78, 5) is 36.4. The quantitative estimate of drug-likeness (QED) is 0.0974. The normalized spacial score (nSPS) is 12.7. The first-order chi connectivity index (χ1) is 17.9. The molecule has 1 atom stereocenters. The van der Waals surface area contributed by atoms with Crippen molar-refractivity contribution in [1.82, 2.24) is 10.6 Å². The van der Waals surface area contributed by atoms with E-state index in [1.807, 2.05) is 0 Å². The minimum absolute atomic E-state index is 0.413. The van der Waals surface area contributed by atoms with Crippen LogP contribution in [-0.2, 0) is 14.4 Å². The van der Waals surface area contributed by atoms with E-state index in [4.69, 9.17) is 5.73 Å². The summed E-state index contributed by atoms with van der Waals surface area (Å²) in [6, 6.07) is 0. The molecule has 0 aliphatic rings. The second-order valence-electron chi connectivity index (χ2n) is 10.8. The van der Waals surface area contributed by atoms with Crippen molar-refractivity contribution in [3.8, 4) is 0 Å². The van der Waals surface area contributed by atoms with E-state index in [1.54, 1.807) is 0 Å². The fraction of sp³-hybridized carbons (Fsp3) is 0.900. The van der Waals surface area contributed by atoms with Crippen LogP contribution >= 0.6 is 0 Å². The maximum Gasteiger partial charge on any atom is 0.253 e. The van der Waals surface area contributed by atoms with Gasteiger partial charge in [0.05, 0.1) is 12.8 Å². The number of amides is 3. The van der Waals surface area contributed by atoms with Crippen molar-refractivity contribution in [2.45, 2.75) is 161 Å². The van der Waals surface area contributed by atoms with Crippen molar-refractivity contribution >= 4 is 17.7 Å².